The molecule has 1 aliphatic heterocycles. The summed E-state index contributed by atoms with van der Waals surface area (Å²) in [4.78, 5) is 37.5. The SMILES string of the molecule is CCN(C)C(=O)c1cccc(C(=O)NC2(C(=O)O)CCOC2)c1. The number of carbonyl (C=O) groups excluding carboxylic acids is 2. The molecule has 1 aliphatic rings. The first-order valence-corrected chi connectivity index (χ1v) is 7.39. The fourth-order valence-corrected chi connectivity index (χ4v) is 2.33. The Morgan fingerprint density at radius 2 is 2.04 bits per heavy atom. The summed E-state index contributed by atoms with van der Waals surface area (Å²) >= 11 is 0. The molecule has 7 heteroatoms. The number of aliphatic carboxylic acids is 1. The average Bonchev–Trinajstić information content (AvgIpc) is 3.03. The van der Waals surface area contributed by atoms with Crippen LogP contribution in [0.5, 0.6) is 0 Å². The van der Waals surface area contributed by atoms with Gasteiger partial charge >= 0.3 is 5.97 Å². The lowest BCUT2D eigenvalue weighted by molar-refractivity contribution is -0.144. The molecule has 0 radical (unpaired) electrons. The van der Waals surface area contributed by atoms with Gasteiger partial charge in [-0.15, -0.1) is 0 Å². The molecule has 0 aliphatic carbocycles. The molecule has 2 amide bonds. The number of ether oxygens (including phenoxy) is 1. The molecule has 1 fully saturated rings. The summed E-state index contributed by atoms with van der Waals surface area (Å²) < 4.78 is 5.11. The Kier molecular flexibility index (Phi) is 5.00. The zero-order chi connectivity index (χ0) is 17.0. The van der Waals surface area contributed by atoms with E-state index in [1.54, 1.807) is 25.2 Å². The second-order valence-electron chi connectivity index (χ2n) is 5.54. The van der Waals surface area contributed by atoms with Crippen LogP contribution >= 0.6 is 0 Å². The van der Waals surface area contributed by atoms with Gasteiger partial charge in [0.15, 0.2) is 5.54 Å². The summed E-state index contributed by atoms with van der Waals surface area (Å²) in [6.07, 6.45) is 0.214. The van der Waals surface area contributed by atoms with Gasteiger partial charge in [0.05, 0.1) is 6.61 Å². The van der Waals surface area contributed by atoms with Crippen molar-refractivity contribution in [1.82, 2.24) is 10.2 Å². The maximum Gasteiger partial charge on any atom is 0.331 e. The first-order chi connectivity index (χ1) is 10.9. The van der Waals surface area contributed by atoms with Gasteiger partial charge in [0, 0.05) is 37.7 Å². The molecule has 0 aromatic heterocycles. The quantitative estimate of drug-likeness (QED) is 0.835. The van der Waals surface area contributed by atoms with Crippen LogP contribution in [-0.2, 0) is 9.53 Å². The van der Waals surface area contributed by atoms with Crippen molar-refractivity contribution in [2.45, 2.75) is 18.9 Å². The van der Waals surface area contributed by atoms with Gasteiger partial charge < -0.3 is 20.1 Å². The maximum absolute atomic E-state index is 12.4. The molecule has 124 valence electrons. The molecule has 1 saturated heterocycles. The van der Waals surface area contributed by atoms with Crippen molar-refractivity contribution in [2.24, 2.45) is 0 Å². The number of hydrogen-bond acceptors (Lipinski definition) is 4. The highest BCUT2D eigenvalue weighted by atomic mass is 16.5. The van der Waals surface area contributed by atoms with E-state index >= 15 is 0 Å². The number of amides is 2. The molecule has 1 heterocycles. The summed E-state index contributed by atoms with van der Waals surface area (Å²) in [5.41, 5.74) is -0.779. The lowest BCUT2D eigenvalue weighted by Gasteiger charge is -2.23. The molecule has 0 saturated carbocycles. The number of hydrogen-bond donors (Lipinski definition) is 2. The molecule has 2 rings (SSSR count). The van der Waals surface area contributed by atoms with Gasteiger partial charge in [-0.3, -0.25) is 9.59 Å². The van der Waals surface area contributed by atoms with E-state index in [0.29, 0.717) is 12.1 Å². The highest BCUT2D eigenvalue weighted by molar-refractivity contribution is 6.01. The van der Waals surface area contributed by atoms with Crippen LogP contribution in [0, 0.1) is 0 Å². The third kappa shape index (κ3) is 3.50. The number of benzene rings is 1. The monoisotopic (exact) mass is 320 g/mol. The topological polar surface area (TPSA) is 95.9 Å². The second-order valence-corrected chi connectivity index (χ2v) is 5.54. The van der Waals surface area contributed by atoms with Crippen LogP contribution in [0.1, 0.15) is 34.1 Å². The third-order valence-electron chi connectivity index (χ3n) is 3.98. The highest BCUT2D eigenvalue weighted by Gasteiger charge is 2.44. The van der Waals surface area contributed by atoms with Crippen molar-refractivity contribution in [3.8, 4) is 0 Å². The lowest BCUT2D eigenvalue weighted by Crippen LogP contribution is -2.55. The number of carboxylic acids is 1. The van der Waals surface area contributed by atoms with Crippen molar-refractivity contribution in [3.05, 3.63) is 35.4 Å². The lowest BCUT2D eigenvalue weighted by atomic mass is 9.98. The fraction of sp³-hybridized carbons (Fsp3) is 0.438. The van der Waals surface area contributed by atoms with Gasteiger partial charge in [0.1, 0.15) is 0 Å². The van der Waals surface area contributed by atoms with Crippen LogP contribution < -0.4 is 5.32 Å². The number of carbonyl (C=O) groups is 3. The van der Waals surface area contributed by atoms with Crippen molar-refractivity contribution in [3.63, 3.8) is 0 Å². The molecule has 0 spiro atoms. The third-order valence-corrected chi connectivity index (χ3v) is 3.98. The molecular formula is C16H20N2O5. The molecule has 2 N–H and O–H groups in total. The Balaban J connectivity index is 2.20. The van der Waals surface area contributed by atoms with Crippen LogP contribution in [0.3, 0.4) is 0 Å². The Morgan fingerprint density at radius 1 is 1.35 bits per heavy atom. The van der Waals surface area contributed by atoms with Crippen LogP contribution in [0.25, 0.3) is 0 Å². The molecule has 1 aromatic rings. The second kappa shape index (κ2) is 6.78. The molecule has 1 atom stereocenters. The van der Waals surface area contributed by atoms with Crippen molar-refractivity contribution < 1.29 is 24.2 Å². The zero-order valence-corrected chi connectivity index (χ0v) is 13.2. The van der Waals surface area contributed by atoms with E-state index < -0.39 is 17.4 Å². The smallest absolute Gasteiger partial charge is 0.331 e. The summed E-state index contributed by atoms with van der Waals surface area (Å²) in [6, 6.07) is 6.24. The Hall–Kier alpha value is -2.41. The minimum atomic E-state index is -1.41. The van der Waals surface area contributed by atoms with E-state index in [4.69, 9.17) is 4.74 Å². The molecule has 23 heavy (non-hydrogen) atoms. The van der Waals surface area contributed by atoms with Crippen molar-refractivity contribution >= 4 is 17.8 Å². The zero-order valence-electron chi connectivity index (χ0n) is 13.2. The van der Waals surface area contributed by atoms with Gasteiger partial charge in [-0.2, -0.15) is 0 Å². The number of nitrogens with one attached hydrogen (secondary N) is 1. The van der Waals surface area contributed by atoms with E-state index in [0.717, 1.165) is 0 Å². The predicted molar refractivity (Wildman–Crippen MR) is 82.3 cm³/mol. The fourth-order valence-electron chi connectivity index (χ4n) is 2.33. The largest absolute Gasteiger partial charge is 0.479 e. The van der Waals surface area contributed by atoms with Gasteiger partial charge in [0.25, 0.3) is 11.8 Å². The highest BCUT2D eigenvalue weighted by Crippen LogP contribution is 2.20. The Bertz CT molecular complexity index is 623. The number of nitrogens with zero attached hydrogens (tertiary/aromatic N) is 1. The van der Waals surface area contributed by atoms with Gasteiger partial charge in [-0.25, -0.2) is 4.79 Å². The van der Waals surface area contributed by atoms with Gasteiger partial charge in [-0.1, -0.05) is 6.07 Å². The minimum absolute atomic E-state index is 0.0642. The number of rotatable bonds is 5. The Morgan fingerprint density at radius 3 is 2.61 bits per heavy atom. The van der Waals surface area contributed by atoms with Crippen LogP contribution in [-0.4, -0.2) is 60.1 Å². The Labute approximate surface area is 134 Å². The van der Waals surface area contributed by atoms with Gasteiger partial charge in [0.2, 0.25) is 0 Å². The standard InChI is InChI=1S/C16H20N2O5/c1-3-18(2)14(20)12-6-4-5-11(9-12)13(19)17-16(15(21)22)7-8-23-10-16/h4-6,9H,3,7-8,10H2,1-2H3,(H,17,19)(H,21,22). The summed E-state index contributed by atoms with van der Waals surface area (Å²) in [5.74, 6) is -1.85. The van der Waals surface area contributed by atoms with Crippen molar-refractivity contribution in [2.75, 3.05) is 26.8 Å². The van der Waals surface area contributed by atoms with E-state index in [1.165, 1.54) is 11.0 Å². The molecule has 7 nitrogen and oxygen atoms in total. The van der Waals surface area contributed by atoms with E-state index in [9.17, 15) is 19.5 Å². The molecule has 1 aromatic carbocycles. The molecular weight excluding hydrogens is 300 g/mol. The van der Waals surface area contributed by atoms with E-state index in [1.807, 2.05) is 6.92 Å². The van der Waals surface area contributed by atoms with E-state index in [2.05, 4.69) is 5.32 Å². The van der Waals surface area contributed by atoms with Gasteiger partial charge in [-0.05, 0) is 25.1 Å². The number of carboxylic acid groups (broad SMARTS) is 1. The minimum Gasteiger partial charge on any atom is -0.479 e. The predicted octanol–water partition coefficient (Wildman–Crippen LogP) is 0.752. The maximum atomic E-state index is 12.4. The summed E-state index contributed by atoms with van der Waals surface area (Å²) in [6.45, 7) is 2.62. The van der Waals surface area contributed by atoms with Crippen LogP contribution in [0.2, 0.25) is 0 Å². The molecule has 1 unspecified atom stereocenters. The van der Waals surface area contributed by atoms with Crippen LogP contribution in [0.15, 0.2) is 24.3 Å². The normalized spacial score (nSPS) is 20.1. The first-order valence-electron chi connectivity index (χ1n) is 7.39. The van der Waals surface area contributed by atoms with Crippen molar-refractivity contribution in [1.29, 1.82) is 0 Å². The van der Waals surface area contributed by atoms with Crippen LogP contribution in [0.4, 0.5) is 0 Å². The van der Waals surface area contributed by atoms with E-state index in [-0.39, 0.29) is 31.1 Å². The summed E-state index contributed by atoms with van der Waals surface area (Å²) in [7, 11) is 1.67. The average molecular weight is 320 g/mol. The summed E-state index contributed by atoms with van der Waals surface area (Å²) in [5, 5.41) is 11.9. The first kappa shape index (κ1) is 17.0. The molecule has 0 bridgehead atoms.